The Morgan fingerprint density at radius 2 is 2.07 bits per heavy atom. The predicted octanol–water partition coefficient (Wildman–Crippen LogP) is 3.45. The van der Waals surface area contributed by atoms with Crippen molar-refractivity contribution in [3.05, 3.63) is 41.4 Å². The third kappa shape index (κ3) is 4.66. The number of benzene rings is 1. The Morgan fingerprint density at radius 3 is 2.56 bits per heavy atom. The van der Waals surface area contributed by atoms with Gasteiger partial charge in [-0.3, -0.25) is 4.79 Å². The molecule has 1 aromatic heterocycles. The first-order valence-corrected chi connectivity index (χ1v) is 7.63. The number of nitrogens with zero attached hydrogens (tertiary/aromatic N) is 2. The van der Waals surface area contributed by atoms with Gasteiger partial charge in [-0.15, -0.1) is 0 Å². The maximum Gasteiger partial charge on any atom is 0.425 e. The summed E-state index contributed by atoms with van der Waals surface area (Å²) in [5, 5.41) is 12.0. The van der Waals surface area contributed by atoms with E-state index in [4.69, 9.17) is 11.6 Å². The first-order chi connectivity index (χ1) is 12.4. The monoisotopic (exact) mass is 413 g/mol. The van der Waals surface area contributed by atoms with Crippen LogP contribution in [0, 0.1) is 0 Å². The van der Waals surface area contributed by atoms with Crippen LogP contribution in [0.25, 0.3) is 0 Å². The molecule has 0 aliphatic rings. The largest absolute Gasteiger partial charge is 0.433 e. The van der Waals surface area contributed by atoms with Gasteiger partial charge in [0.25, 0.3) is 0 Å². The molecular formula is C15H13ClF5N3O3. The zero-order valence-electron chi connectivity index (χ0n) is 13.6. The molecule has 0 saturated heterocycles. The van der Waals surface area contributed by atoms with Gasteiger partial charge >= 0.3 is 12.8 Å². The van der Waals surface area contributed by atoms with E-state index in [2.05, 4.69) is 15.0 Å². The number of aryl methyl sites for hydroxylation is 1. The van der Waals surface area contributed by atoms with E-state index in [9.17, 15) is 31.9 Å². The van der Waals surface area contributed by atoms with Crippen molar-refractivity contribution in [1.29, 1.82) is 0 Å². The van der Waals surface area contributed by atoms with Gasteiger partial charge in [0, 0.05) is 25.1 Å². The van der Waals surface area contributed by atoms with Crippen LogP contribution in [0.3, 0.4) is 0 Å². The SMILES string of the molecule is Cn1ccnc1C(O)(CC(=O)Nc1ccc(OC(F)F)c(Cl)c1)C(F)(F)F. The number of carbonyl (C=O) groups excluding carboxylic acids is 1. The fraction of sp³-hybridized carbons (Fsp3) is 0.333. The minimum atomic E-state index is -5.18. The van der Waals surface area contributed by atoms with E-state index >= 15 is 0 Å². The second kappa shape index (κ2) is 7.69. The van der Waals surface area contributed by atoms with Gasteiger partial charge in [-0.25, -0.2) is 4.98 Å². The number of nitrogens with one attached hydrogen (secondary N) is 1. The van der Waals surface area contributed by atoms with Gasteiger partial charge in [0.1, 0.15) is 5.75 Å². The van der Waals surface area contributed by atoms with Crippen molar-refractivity contribution in [2.24, 2.45) is 7.05 Å². The highest BCUT2D eigenvalue weighted by Gasteiger charge is 2.58. The van der Waals surface area contributed by atoms with E-state index < -0.39 is 36.5 Å². The van der Waals surface area contributed by atoms with Crippen molar-refractivity contribution in [1.82, 2.24) is 9.55 Å². The molecule has 1 atom stereocenters. The second-order valence-corrected chi connectivity index (χ2v) is 5.88. The van der Waals surface area contributed by atoms with Crippen LogP contribution in [0.15, 0.2) is 30.6 Å². The average molecular weight is 414 g/mol. The number of hydrogen-bond donors (Lipinski definition) is 2. The number of carbonyl (C=O) groups is 1. The number of hydrogen-bond acceptors (Lipinski definition) is 4. The number of halogens is 6. The molecule has 0 aliphatic heterocycles. The molecule has 0 bridgehead atoms. The summed E-state index contributed by atoms with van der Waals surface area (Å²) >= 11 is 5.71. The third-order valence-electron chi connectivity index (χ3n) is 3.51. The molecule has 12 heteroatoms. The zero-order valence-corrected chi connectivity index (χ0v) is 14.4. The minimum Gasteiger partial charge on any atom is -0.433 e. The van der Waals surface area contributed by atoms with E-state index in [-0.39, 0.29) is 16.5 Å². The lowest BCUT2D eigenvalue weighted by molar-refractivity contribution is -0.270. The number of aromatic nitrogens is 2. The summed E-state index contributed by atoms with van der Waals surface area (Å²) in [5.41, 5.74) is -3.60. The van der Waals surface area contributed by atoms with Crippen molar-refractivity contribution in [3.8, 4) is 5.75 Å². The van der Waals surface area contributed by atoms with Crippen molar-refractivity contribution < 1.29 is 36.6 Å². The summed E-state index contributed by atoms with van der Waals surface area (Å²) in [6.07, 6.45) is -4.33. The smallest absolute Gasteiger partial charge is 0.425 e. The van der Waals surface area contributed by atoms with Crippen LogP contribution in [-0.4, -0.2) is 33.4 Å². The Kier molecular flexibility index (Phi) is 5.95. The Hall–Kier alpha value is -2.40. The van der Waals surface area contributed by atoms with E-state index in [1.165, 1.54) is 13.2 Å². The summed E-state index contributed by atoms with van der Waals surface area (Å²) in [7, 11) is 1.23. The van der Waals surface area contributed by atoms with Crippen molar-refractivity contribution in [3.63, 3.8) is 0 Å². The summed E-state index contributed by atoms with van der Waals surface area (Å²) in [4.78, 5) is 15.5. The van der Waals surface area contributed by atoms with E-state index in [1.807, 2.05) is 0 Å². The van der Waals surface area contributed by atoms with Gasteiger partial charge in [0.05, 0.1) is 11.4 Å². The topological polar surface area (TPSA) is 76.4 Å². The third-order valence-corrected chi connectivity index (χ3v) is 3.80. The summed E-state index contributed by atoms with van der Waals surface area (Å²) < 4.78 is 69.6. The normalized spacial score (nSPS) is 14.1. The van der Waals surface area contributed by atoms with Gasteiger partial charge in [-0.05, 0) is 18.2 Å². The van der Waals surface area contributed by atoms with Crippen LogP contribution >= 0.6 is 11.6 Å². The van der Waals surface area contributed by atoms with E-state index in [0.29, 0.717) is 0 Å². The number of imidazole rings is 1. The zero-order chi connectivity index (χ0) is 20.4. The molecule has 1 amide bonds. The summed E-state index contributed by atoms with van der Waals surface area (Å²) in [5.74, 6) is -2.33. The highest BCUT2D eigenvalue weighted by Crippen LogP contribution is 2.41. The fourth-order valence-electron chi connectivity index (χ4n) is 2.28. The van der Waals surface area contributed by atoms with Crippen molar-refractivity contribution in [2.75, 3.05) is 5.32 Å². The summed E-state index contributed by atoms with van der Waals surface area (Å²) in [6, 6.07) is 3.14. The molecule has 6 nitrogen and oxygen atoms in total. The number of alkyl halides is 5. The van der Waals surface area contributed by atoms with Crippen LogP contribution in [0.4, 0.5) is 27.6 Å². The fourth-order valence-corrected chi connectivity index (χ4v) is 2.50. The molecule has 0 fully saturated rings. The number of anilines is 1. The molecule has 2 N–H and O–H groups in total. The van der Waals surface area contributed by atoms with Gasteiger partial charge in [-0.2, -0.15) is 22.0 Å². The van der Waals surface area contributed by atoms with E-state index in [1.54, 1.807) is 0 Å². The predicted molar refractivity (Wildman–Crippen MR) is 84.5 cm³/mol. The molecular weight excluding hydrogens is 401 g/mol. The lowest BCUT2D eigenvalue weighted by atomic mass is 9.97. The maximum absolute atomic E-state index is 13.4. The van der Waals surface area contributed by atoms with Gasteiger partial charge in [-0.1, -0.05) is 11.6 Å². The van der Waals surface area contributed by atoms with Gasteiger partial charge < -0.3 is 19.7 Å². The summed E-state index contributed by atoms with van der Waals surface area (Å²) in [6.45, 7) is -3.12. The molecule has 2 rings (SSSR count). The van der Waals surface area contributed by atoms with Crippen molar-refractivity contribution >= 4 is 23.2 Å². The first kappa shape index (κ1) is 20.9. The Labute approximate surface area is 154 Å². The highest BCUT2D eigenvalue weighted by atomic mass is 35.5. The molecule has 1 heterocycles. The molecule has 148 valence electrons. The minimum absolute atomic E-state index is 0.0732. The quantitative estimate of drug-likeness (QED) is 0.711. The molecule has 1 aromatic carbocycles. The van der Waals surface area contributed by atoms with Crippen LogP contribution in [0.1, 0.15) is 12.2 Å². The van der Waals surface area contributed by atoms with Gasteiger partial charge in [0.15, 0.2) is 5.82 Å². The Balaban J connectivity index is 2.20. The first-order valence-electron chi connectivity index (χ1n) is 7.25. The van der Waals surface area contributed by atoms with Crippen LogP contribution in [0.2, 0.25) is 5.02 Å². The van der Waals surface area contributed by atoms with Crippen LogP contribution < -0.4 is 10.1 Å². The standard InChI is InChI=1S/C15H13ClF5N3O3/c1-24-5-4-22-12(24)14(26,15(19,20)21)7-11(25)23-8-2-3-10(9(16)6-8)27-13(17)18/h2-6,13,26H,7H2,1H3,(H,23,25). The lowest BCUT2D eigenvalue weighted by Crippen LogP contribution is -2.46. The van der Waals surface area contributed by atoms with Crippen molar-refractivity contribution in [2.45, 2.75) is 24.8 Å². The number of ether oxygens (including phenoxy) is 1. The van der Waals surface area contributed by atoms with Gasteiger partial charge in [0.2, 0.25) is 11.5 Å². The number of amides is 1. The molecule has 0 radical (unpaired) electrons. The Bertz CT molecular complexity index is 827. The lowest BCUT2D eigenvalue weighted by Gasteiger charge is -2.29. The number of rotatable bonds is 6. The maximum atomic E-state index is 13.4. The van der Waals surface area contributed by atoms with Crippen LogP contribution in [-0.2, 0) is 17.4 Å². The average Bonchev–Trinajstić information content (AvgIpc) is 2.95. The molecule has 0 spiro atoms. The number of aliphatic hydroxyl groups is 1. The molecule has 0 saturated carbocycles. The Morgan fingerprint density at radius 1 is 1.41 bits per heavy atom. The molecule has 2 aromatic rings. The highest BCUT2D eigenvalue weighted by molar-refractivity contribution is 6.32. The molecule has 1 unspecified atom stereocenters. The molecule has 27 heavy (non-hydrogen) atoms. The second-order valence-electron chi connectivity index (χ2n) is 5.47. The van der Waals surface area contributed by atoms with Crippen LogP contribution in [0.5, 0.6) is 5.75 Å². The molecule has 0 aliphatic carbocycles. The van der Waals surface area contributed by atoms with E-state index in [0.717, 1.165) is 29.0 Å².